The molecule has 4 N–H and O–H groups in total. The normalized spacial score (nSPS) is 12.6. The third-order valence-electron chi connectivity index (χ3n) is 2.92. The predicted molar refractivity (Wildman–Crippen MR) is 70.9 cm³/mol. The molecule has 2 rings (SSSR count). The van der Waals surface area contributed by atoms with Crippen molar-refractivity contribution in [1.82, 2.24) is 19.6 Å². The largest absolute Gasteiger partial charge is 0.366 e. The van der Waals surface area contributed by atoms with Gasteiger partial charge in [-0.15, -0.1) is 0 Å². The fraction of sp³-hybridized carbons (Fsp3) is 0.417. The molecule has 2 aromatic heterocycles. The van der Waals surface area contributed by atoms with Crippen LogP contribution in [0.5, 0.6) is 0 Å². The van der Waals surface area contributed by atoms with Crippen LogP contribution in [-0.2, 0) is 13.5 Å². The highest BCUT2D eigenvalue weighted by atomic mass is 16.1. The highest BCUT2D eigenvalue weighted by molar-refractivity contribution is 5.92. The number of nitrogens with two attached hydrogens (primary N) is 2. The van der Waals surface area contributed by atoms with Gasteiger partial charge in [0, 0.05) is 24.8 Å². The Labute approximate surface area is 111 Å². The molecular weight excluding hydrogens is 244 g/mol. The van der Waals surface area contributed by atoms with Crippen LogP contribution in [-0.4, -0.2) is 31.5 Å². The van der Waals surface area contributed by atoms with E-state index in [-0.39, 0.29) is 6.04 Å². The molecule has 1 unspecified atom stereocenters. The molecule has 0 bridgehead atoms. The second-order valence-corrected chi connectivity index (χ2v) is 4.73. The van der Waals surface area contributed by atoms with Gasteiger partial charge in [0.05, 0.1) is 17.5 Å². The summed E-state index contributed by atoms with van der Waals surface area (Å²) in [6, 6.07) is 0.0211. The molecule has 19 heavy (non-hydrogen) atoms. The third kappa shape index (κ3) is 2.50. The number of carbonyl (C=O) groups excluding carboxylic acids is 1. The van der Waals surface area contributed by atoms with Crippen molar-refractivity contribution in [1.29, 1.82) is 0 Å². The summed E-state index contributed by atoms with van der Waals surface area (Å²) in [7, 11) is 1.83. The van der Waals surface area contributed by atoms with Crippen molar-refractivity contribution in [2.75, 3.05) is 0 Å². The molecule has 102 valence electrons. The number of hydrogen-bond acceptors (Lipinski definition) is 4. The van der Waals surface area contributed by atoms with Gasteiger partial charge in [0.15, 0.2) is 5.82 Å². The molecule has 0 aliphatic carbocycles. The first-order chi connectivity index (χ1) is 8.90. The number of primary amides is 1. The number of nitrogens with zero attached hydrogens (tertiary/aromatic N) is 4. The van der Waals surface area contributed by atoms with Crippen molar-refractivity contribution in [2.45, 2.75) is 26.3 Å². The van der Waals surface area contributed by atoms with Gasteiger partial charge in [-0.05, 0) is 20.3 Å². The minimum absolute atomic E-state index is 0.0211. The van der Waals surface area contributed by atoms with Gasteiger partial charge < -0.3 is 11.5 Å². The lowest BCUT2D eigenvalue weighted by Crippen LogP contribution is -2.19. The van der Waals surface area contributed by atoms with E-state index in [0.29, 0.717) is 12.0 Å². The van der Waals surface area contributed by atoms with E-state index in [1.54, 1.807) is 15.6 Å². The van der Waals surface area contributed by atoms with Crippen molar-refractivity contribution in [2.24, 2.45) is 18.5 Å². The van der Waals surface area contributed by atoms with Crippen LogP contribution in [0, 0.1) is 6.92 Å². The zero-order valence-corrected chi connectivity index (χ0v) is 11.3. The van der Waals surface area contributed by atoms with Gasteiger partial charge in [-0.3, -0.25) is 9.48 Å². The second-order valence-electron chi connectivity index (χ2n) is 4.73. The zero-order chi connectivity index (χ0) is 14.2. The minimum atomic E-state index is -0.501. The molecule has 7 heteroatoms. The molecule has 0 saturated carbocycles. The highest BCUT2D eigenvalue weighted by Gasteiger charge is 2.17. The van der Waals surface area contributed by atoms with Crippen molar-refractivity contribution in [3.05, 3.63) is 29.2 Å². The first-order valence-corrected chi connectivity index (χ1v) is 6.03. The standard InChI is InChI=1S/C12H18N6O/c1-7(13)4-10-8(2)16-17(3)12(10)18-6-9(5-15-18)11(14)19/h5-7H,4,13H2,1-3H3,(H2,14,19). The Morgan fingerprint density at radius 3 is 2.74 bits per heavy atom. The smallest absolute Gasteiger partial charge is 0.251 e. The van der Waals surface area contributed by atoms with Gasteiger partial charge in [0.2, 0.25) is 0 Å². The molecule has 0 aromatic carbocycles. The fourth-order valence-corrected chi connectivity index (χ4v) is 2.10. The molecule has 2 heterocycles. The van der Waals surface area contributed by atoms with E-state index >= 15 is 0 Å². The van der Waals surface area contributed by atoms with Crippen LogP contribution in [0.4, 0.5) is 0 Å². The number of aromatic nitrogens is 4. The van der Waals surface area contributed by atoms with Gasteiger partial charge in [0.25, 0.3) is 5.91 Å². The zero-order valence-electron chi connectivity index (χ0n) is 11.3. The summed E-state index contributed by atoms with van der Waals surface area (Å²) < 4.78 is 3.34. The summed E-state index contributed by atoms with van der Waals surface area (Å²) in [6.45, 7) is 3.87. The fourth-order valence-electron chi connectivity index (χ4n) is 2.10. The molecule has 0 spiro atoms. The maximum Gasteiger partial charge on any atom is 0.251 e. The van der Waals surface area contributed by atoms with E-state index in [0.717, 1.165) is 17.1 Å². The molecule has 7 nitrogen and oxygen atoms in total. The Morgan fingerprint density at radius 2 is 2.21 bits per heavy atom. The molecule has 2 aromatic rings. The Hall–Kier alpha value is -2.15. The first-order valence-electron chi connectivity index (χ1n) is 6.03. The topological polar surface area (TPSA) is 105 Å². The SMILES string of the molecule is Cc1nn(C)c(-n2cc(C(N)=O)cn2)c1CC(C)N. The van der Waals surface area contributed by atoms with Crippen molar-refractivity contribution >= 4 is 5.91 Å². The number of aryl methyl sites for hydroxylation is 2. The Kier molecular flexibility index (Phi) is 3.39. The maximum absolute atomic E-state index is 11.1. The lowest BCUT2D eigenvalue weighted by atomic mass is 10.1. The minimum Gasteiger partial charge on any atom is -0.366 e. The van der Waals surface area contributed by atoms with E-state index in [9.17, 15) is 4.79 Å². The number of hydrogen-bond donors (Lipinski definition) is 2. The average molecular weight is 262 g/mol. The highest BCUT2D eigenvalue weighted by Crippen LogP contribution is 2.19. The summed E-state index contributed by atoms with van der Waals surface area (Å²) in [4.78, 5) is 11.1. The van der Waals surface area contributed by atoms with E-state index < -0.39 is 5.91 Å². The van der Waals surface area contributed by atoms with Crippen LogP contribution in [0.1, 0.15) is 28.5 Å². The van der Waals surface area contributed by atoms with E-state index in [1.165, 1.54) is 6.20 Å². The van der Waals surface area contributed by atoms with Crippen molar-refractivity contribution in [3.63, 3.8) is 0 Å². The van der Waals surface area contributed by atoms with Gasteiger partial charge >= 0.3 is 0 Å². The van der Waals surface area contributed by atoms with Crippen molar-refractivity contribution < 1.29 is 4.79 Å². The number of amides is 1. The van der Waals surface area contributed by atoms with Gasteiger partial charge in [-0.2, -0.15) is 10.2 Å². The Morgan fingerprint density at radius 1 is 1.53 bits per heavy atom. The summed E-state index contributed by atoms with van der Waals surface area (Å²) >= 11 is 0. The van der Waals surface area contributed by atoms with Gasteiger partial charge in [-0.1, -0.05) is 0 Å². The molecule has 0 saturated heterocycles. The van der Waals surface area contributed by atoms with Crippen LogP contribution in [0.2, 0.25) is 0 Å². The Balaban J connectivity index is 2.50. The molecule has 0 radical (unpaired) electrons. The lowest BCUT2D eigenvalue weighted by molar-refractivity contribution is 0.100. The van der Waals surface area contributed by atoms with Crippen LogP contribution >= 0.6 is 0 Å². The number of carbonyl (C=O) groups is 1. The summed E-state index contributed by atoms with van der Waals surface area (Å²) in [6.07, 6.45) is 3.74. The van der Waals surface area contributed by atoms with E-state index in [2.05, 4.69) is 10.2 Å². The van der Waals surface area contributed by atoms with E-state index in [1.807, 2.05) is 20.9 Å². The van der Waals surface area contributed by atoms with Gasteiger partial charge in [0.1, 0.15) is 0 Å². The Bertz CT molecular complexity index is 610. The van der Waals surface area contributed by atoms with Crippen LogP contribution in [0.15, 0.2) is 12.4 Å². The summed E-state index contributed by atoms with van der Waals surface area (Å²) in [5.74, 6) is 0.307. The first kappa shape index (κ1) is 13.3. The van der Waals surface area contributed by atoms with E-state index in [4.69, 9.17) is 11.5 Å². The monoisotopic (exact) mass is 262 g/mol. The lowest BCUT2D eigenvalue weighted by Gasteiger charge is -2.08. The third-order valence-corrected chi connectivity index (χ3v) is 2.92. The van der Waals surface area contributed by atoms with Gasteiger partial charge in [-0.25, -0.2) is 4.68 Å². The molecule has 1 amide bonds. The van der Waals surface area contributed by atoms with Crippen LogP contribution in [0.25, 0.3) is 5.82 Å². The van der Waals surface area contributed by atoms with Crippen LogP contribution in [0.3, 0.4) is 0 Å². The molecule has 0 fully saturated rings. The quantitative estimate of drug-likeness (QED) is 0.802. The average Bonchev–Trinajstić information content (AvgIpc) is 2.85. The summed E-state index contributed by atoms with van der Waals surface area (Å²) in [5.41, 5.74) is 13.4. The predicted octanol–water partition coefficient (Wildman–Crippen LogP) is -0.0972. The molecule has 1 atom stereocenters. The number of rotatable bonds is 4. The molecule has 0 aliphatic rings. The second kappa shape index (κ2) is 4.85. The summed E-state index contributed by atoms with van der Waals surface area (Å²) in [5, 5.41) is 8.54. The maximum atomic E-state index is 11.1. The molecular formula is C12H18N6O. The van der Waals surface area contributed by atoms with Crippen LogP contribution < -0.4 is 11.5 Å². The van der Waals surface area contributed by atoms with Crippen molar-refractivity contribution in [3.8, 4) is 5.82 Å². The molecule has 0 aliphatic heterocycles.